The van der Waals surface area contributed by atoms with Gasteiger partial charge in [0.15, 0.2) is 10.3 Å². The number of aromatic nitrogens is 4. The summed E-state index contributed by atoms with van der Waals surface area (Å²) in [7, 11) is 0. The quantitative estimate of drug-likeness (QED) is 0.657. The molecule has 2 N–H and O–H groups in total. The average Bonchev–Trinajstić information content (AvgIpc) is 3.27. The number of hydrogen-bond acceptors (Lipinski definition) is 6. The molecule has 0 aliphatic carbocycles. The van der Waals surface area contributed by atoms with Crippen molar-refractivity contribution < 1.29 is 4.79 Å². The minimum Gasteiger partial charge on any atom is -0.301 e. The Morgan fingerprint density at radius 1 is 1.38 bits per heavy atom. The molecule has 1 aromatic carbocycles. The largest absolute Gasteiger partial charge is 0.301 e. The molecule has 1 amide bonds. The predicted octanol–water partition coefficient (Wildman–Crippen LogP) is 3.61. The Bertz CT molecular complexity index is 798. The first-order chi connectivity index (χ1) is 11.7. The standard InChI is InChI=1S/C16H17N5OS2/c1-3-11-4-6-12(7-5-11)13-8-23-16(19-13)20-14(22)10(2)24-15-17-9-18-21-15/h4-10H,3H2,1-2H3,(H,17,18,21)(H,19,20,22)/t10-/m1/s1. The second kappa shape index (κ2) is 7.59. The van der Waals surface area contributed by atoms with E-state index in [1.54, 1.807) is 0 Å². The Morgan fingerprint density at radius 2 is 2.17 bits per heavy atom. The van der Waals surface area contributed by atoms with Gasteiger partial charge in [-0.2, -0.15) is 5.10 Å². The van der Waals surface area contributed by atoms with Gasteiger partial charge in [0.25, 0.3) is 0 Å². The summed E-state index contributed by atoms with van der Waals surface area (Å²) in [6, 6.07) is 8.32. The Labute approximate surface area is 148 Å². The zero-order valence-corrected chi connectivity index (χ0v) is 14.9. The van der Waals surface area contributed by atoms with Crippen LogP contribution in [-0.4, -0.2) is 31.3 Å². The highest BCUT2D eigenvalue weighted by atomic mass is 32.2. The van der Waals surface area contributed by atoms with Crippen molar-refractivity contribution in [3.8, 4) is 11.3 Å². The number of amides is 1. The molecule has 0 radical (unpaired) electrons. The van der Waals surface area contributed by atoms with Crippen LogP contribution in [0.2, 0.25) is 0 Å². The molecule has 6 nitrogen and oxygen atoms in total. The number of carbonyl (C=O) groups is 1. The minimum absolute atomic E-state index is 0.112. The lowest BCUT2D eigenvalue weighted by molar-refractivity contribution is -0.115. The highest BCUT2D eigenvalue weighted by molar-refractivity contribution is 8.00. The number of hydrogen-bond donors (Lipinski definition) is 2. The molecule has 0 aliphatic heterocycles. The summed E-state index contributed by atoms with van der Waals surface area (Å²) >= 11 is 2.74. The van der Waals surface area contributed by atoms with Crippen molar-refractivity contribution in [1.29, 1.82) is 0 Å². The van der Waals surface area contributed by atoms with Crippen molar-refractivity contribution in [3.63, 3.8) is 0 Å². The summed E-state index contributed by atoms with van der Waals surface area (Å²) in [5.41, 5.74) is 3.21. The van der Waals surface area contributed by atoms with E-state index in [2.05, 4.69) is 56.7 Å². The number of rotatable bonds is 6. The Kier molecular flexibility index (Phi) is 5.27. The van der Waals surface area contributed by atoms with Gasteiger partial charge < -0.3 is 5.32 Å². The smallest absolute Gasteiger partial charge is 0.239 e. The predicted molar refractivity (Wildman–Crippen MR) is 97.3 cm³/mol. The number of thiazole rings is 1. The van der Waals surface area contributed by atoms with E-state index in [1.807, 2.05) is 12.3 Å². The number of benzene rings is 1. The van der Waals surface area contributed by atoms with E-state index in [0.717, 1.165) is 17.7 Å². The molecule has 0 saturated carbocycles. The number of anilines is 1. The fraction of sp³-hybridized carbons (Fsp3) is 0.250. The summed E-state index contributed by atoms with van der Waals surface area (Å²) in [5.74, 6) is -0.112. The number of thioether (sulfide) groups is 1. The molecule has 0 saturated heterocycles. The number of aryl methyl sites for hydroxylation is 1. The topological polar surface area (TPSA) is 83.6 Å². The number of H-pyrrole nitrogens is 1. The molecule has 0 aliphatic rings. The maximum Gasteiger partial charge on any atom is 0.239 e. The van der Waals surface area contributed by atoms with Gasteiger partial charge in [-0.05, 0) is 18.9 Å². The van der Waals surface area contributed by atoms with Gasteiger partial charge in [-0.15, -0.1) is 11.3 Å². The van der Waals surface area contributed by atoms with Crippen LogP contribution < -0.4 is 5.32 Å². The van der Waals surface area contributed by atoms with Crippen molar-refractivity contribution >= 4 is 34.1 Å². The lowest BCUT2D eigenvalue weighted by atomic mass is 10.1. The summed E-state index contributed by atoms with van der Waals surface area (Å²) < 4.78 is 0. The lowest BCUT2D eigenvalue weighted by Gasteiger charge is -2.07. The van der Waals surface area contributed by atoms with E-state index in [1.165, 1.54) is 35.0 Å². The van der Waals surface area contributed by atoms with Gasteiger partial charge in [-0.25, -0.2) is 9.97 Å². The summed E-state index contributed by atoms with van der Waals surface area (Å²) in [6.07, 6.45) is 2.43. The molecule has 8 heteroatoms. The molecular formula is C16H17N5OS2. The molecule has 3 aromatic rings. The SMILES string of the molecule is CCc1ccc(-c2csc(NC(=O)[C@@H](C)Sc3ncn[nH]3)n2)cc1. The third-order valence-corrected chi connectivity index (χ3v) is 5.19. The maximum absolute atomic E-state index is 12.2. The maximum atomic E-state index is 12.2. The molecule has 1 atom stereocenters. The number of nitrogens with one attached hydrogen (secondary N) is 2. The van der Waals surface area contributed by atoms with Gasteiger partial charge in [-0.1, -0.05) is 43.0 Å². The first-order valence-corrected chi connectivity index (χ1v) is 9.29. The zero-order valence-electron chi connectivity index (χ0n) is 13.3. The van der Waals surface area contributed by atoms with Crippen molar-refractivity contribution in [3.05, 3.63) is 41.5 Å². The summed E-state index contributed by atoms with van der Waals surface area (Å²) in [6.45, 7) is 3.95. The van der Waals surface area contributed by atoms with Gasteiger partial charge in [0.2, 0.25) is 5.91 Å². The van der Waals surface area contributed by atoms with E-state index in [0.29, 0.717) is 10.3 Å². The zero-order chi connectivity index (χ0) is 16.9. The van der Waals surface area contributed by atoms with Gasteiger partial charge >= 0.3 is 0 Å². The Morgan fingerprint density at radius 3 is 2.83 bits per heavy atom. The summed E-state index contributed by atoms with van der Waals surface area (Å²) in [4.78, 5) is 20.7. The van der Waals surface area contributed by atoms with E-state index in [9.17, 15) is 4.79 Å². The first-order valence-electron chi connectivity index (χ1n) is 7.53. The monoisotopic (exact) mass is 359 g/mol. The molecule has 124 valence electrons. The van der Waals surface area contributed by atoms with Crippen LogP contribution in [0.4, 0.5) is 5.13 Å². The highest BCUT2D eigenvalue weighted by Gasteiger charge is 2.17. The molecule has 0 fully saturated rings. The molecule has 3 rings (SSSR count). The Balaban J connectivity index is 1.63. The molecule has 0 bridgehead atoms. The van der Waals surface area contributed by atoms with Crippen LogP contribution in [0, 0.1) is 0 Å². The number of aromatic amines is 1. The third kappa shape index (κ3) is 4.01. The molecule has 24 heavy (non-hydrogen) atoms. The third-order valence-electron chi connectivity index (χ3n) is 3.44. The van der Waals surface area contributed by atoms with Crippen LogP contribution in [-0.2, 0) is 11.2 Å². The summed E-state index contributed by atoms with van der Waals surface area (Å²) in [5, 5.41) is 12.2. The van der Waals surface area contributed by atoms with Crippen LogP contribution in [0.15, 0.2) is 41.1 Å². The fourth-order valence-electron chi connectivity index (χ4n) is 2.05. The fourth-order valence-corrected chi connectivity index (χ4v) is 3.49. The van der Waals surface area contributed by atoms with Crippen molar-refractivity contribution in [2.45, 2.75) is 30.7 Å². The van der Waals surface area contributed by atoms with E-state index in [4.69, 9.17) is 0 Å². The van der Waals surface area contributed by atoms with Crippen LogP contribution in [0.5, 0.6) is 0 Å². The number of carbonyl (C=O) groups excluding carboxylic acids is 1. The highest BCUT2D eigenvalue weighted by Crippen LogP contribution is 2.26. The Hall–Kier alpha value is -2.19. The lowest BCUT2D eigenvalue weighted by Crippen LogP contribution is -2.22. The van der Waals surface area contributed by atoms with Crippen LogP contribution >= 0.6 is 23.1 Å². The van der Waals surface area contributed by atoms with Crippen LogP contribution in [0.3, 0.4) is 0 Å². The normalized spacial score (nSPS) is 12.1. The van der Waals surface area contributed by atoms with Crippen molar-refractivity contribution in [1.82, 2.24) is 20.2 Å². The van der Waals surface area contributed by atoms with E-state index >= 15 is 0 Å². The van der Waals surface area contributed by atoms with E-state index in [-0.39, 0.29) is 11.2 Å². The molecular weight excluding hydrogens is 342 g/mol. The minimum atomic E-state index is -0.297. The molecule has 2 heterocycles. The second-order valence-electron chi connectivity index (χ2n) is 5.13. The molecule has 0 unspecified atom stereocenters. The first kappa shape index (κ1) is 16.7. The molecule has 0 spiro atoms. The van der Waals surface area contributed by atoms with Gasteiger partial charge in [0.1, 0.15) is 6.33 Å². The number of nitrogens with zero attached hydrogens (tertiary/aromatic N) is 3. The molecule has 2 aromatic heterocycles. The van der Waals surface area contributed by atoms with Crippen LogP contribution in [0.1, 0.15) is 19.4 Å². The average molecular weight is 359 g/mol. The van der Waals surface area contributed by atoms with Gasteiger partial charge in [0.05, 0.1) is 10.9 Å². The second-order valence-corrected chi connectivity index (χ2v) is 7.32. The van der Waals surface area contributed by atoms with Crippen molar-refractivity contribution in [2.24, 2.45) is 0 Å². The van der Waals surface area contributed by atoms with Crippen molar-refractivity contribution in [2.75, 3.05) is 5.32 Å². The van der Waals surface area contributed by atoms with Gasteiger partial charge in [0, 0.05) is 10.9 Å². The van der Waals surface area contributed by atoms with Crippen LogP contribution in [0.25, 0.3) is 11.3 Å². The van der Waals surface area contributed by atoms with E-state index < -0.39 is 0 Å². The van der Waals surface area contributed by atoms with Gasteiger partial charge in [-0.3, -0.25) is 9.89 Å².